The number of anilines is 2. The molecule has 10 heteroatoms. The van der Waals surface area contributed by atoms with Crippen LogP contribution in [0.25, 0.3) is 16.8 Å². The first-order chi connectivity index (χ1) is 18.2. The summed E-state index contributed by atoms with van der Waals surface area (Å²) in [5, 5.41) is 2.98. The maximum atomic E-state index is 13.1. The Bertz CT molecular complexity index is 1430. The number of hydrogen-bond donors (Lipinski definition) is 1. The molecule has 4 aromatic rings. The smallest absolute Gasteiger partial charge is 0.406 e. The number of rotatable bonds is 5. The zero-order valence-electron chi connectivity index (χ0n) is 21.1. The summed E-state index contributed by atoms with van der Waals surface area (Å²) in [6.07, 6.45) is -1.24. The Kier molecular flexibility index (Phi) is 6.88. The van der Waals surface area contributed by atoms with Crippen molar-refractivity contribution in [1.29, 1.82) is 0 Å². The largest absolute Gasteiger partial charge is 0.573 e. The van der Waals surface area contributed by atoms with Gasteiger partial charge in [0.05, 0.1) is 11.2 Å². The molecule has 1 saturated heterocycles. The van der Waals surface area contributed by atoms with E-state index >= 15 is 0 Å². The topological polar surface area (TPSA) is 62.1 Å². The van der Waals surface area contributed by atoms with Gasteiger partial charge >= 0.3 is 12.4 Å². The summed E-state index contributed by atoms with van der Waals surface area (Å²) in [6.45, 7) is 1.11. The summed E-state index contributed by atoms with van der Waals surface area (Å²) in [4.78, 5) is 21.7. The van der Waals surface area contributed by atoms with Crippen molar-refractivity contribution < 1.29 is 22.7 Å². The van der Waals surface area contributed by atoms with Gasteiger partial charge in [0.2, 0.25) is 0 Å². The van der Waals surface area contributed by atoms with Crippen LogP contribution in [-0.2, 0) is 0 Å². The molecule has 198 valence electrons. The highest BCUT2D eigenvalue weighted by Gasteiger charge is 2.32. The number of carbonyl (C=O) groups excluding carboxylic acids is 1. The number of pyridine rings is 1. The summed E-state index contributed by atoms with van der Waals surface area (Å²) in [7, 11) is 3.92. The van der Waals surface area contributed by atoms with E-state index in [9.17, 15) is 18.0 Å². The maximum Gasteiger partial charge on any atom is 0.573 e. The molecule has 1 atom stereocenters. The minimum absolute atomic E-state index is 0.0381. The van der Waals surface area contributed by atoms with Crippen LogP contribution in [0.3, 0.4) is 0 Å². The van der Waals surface area contributed by atoms with Gasteiger partial charge in [0, 0.05) is 56.2 Å². The number of fused-ring (bicyclic) bond motifs is 1. The van der Waals surface area contributed by atoms with Crippen LogP contribution in [0.5, 0.6) is 5.75 Å². The average molecular weight is 524 g/mol. The number of ether oxygens (including phenoxy) is 1. The molecule has 7 nitrogen and oxygen atoms in total. The van der Waals surface area contributed by atoms with Crippen molar-refractivity contribution >= 4 is 22.9 Å². The van der Waals surface area contributed by atoms with Crippen LogP contribution in [0.2, 0.25) is 0 Å². The molecule has 1 N–H and O–H groups in total. The lowest BCUT2D eigenvalue weighted by atomic mass is 9.97. The number of halogens is 3. The average Bonchev–Trinajstić information content (AvgIpc) is 3.28. The molecule has 0 saturated carbocycles. The third kappa shape index (κ3) is 5.53. The second kappa shape index (κ2) is 10.3. The number of nitrogens with zero attached hydrogens (tertiary/aromatic N) is 4. The second-order valence-corrected chi connectivity index (χ2v) is 9.51. The van der Waals surface area contributed by atoms with Crippen molar-refractivity contribution in [2.45, 2.75) is 25.1 Å². The SMILES string of the molecule is CN(C)c1ccc(NC(=O)N2CCC[C@@H](c3nc(-c4cccc(OC(F)(F)F)c4)c4ccccn34)C2)cc1. The van der Waals surface area contributed by atoms with Crippen molar-refractivity contribution in [3.8, 4) is 17.0 Å². The molecule has 0 unspecified atom stereocenters. The fraction of sp³-hybridized carbons (Fsp3) is 0.286. The Labute approximate surface area is 218 Å². The zero-order valence-corrected chi connectivity index (χ0v) is 21.1. The lowest BCUT2D eigenvalue weighted by Crippen LogP contribution is -2.42. The van der Waals surface area contributed by atoms with E-state index in [1.807, 2.05) is 72.1 Å². The van der Waals surface area contributed by atoms with Gasteiger partial charge in [-0.05, 0) is 61.4 Å². The fourth-order valence-corrected chi connectivity index (χ4v) is 4.82. The predicted octanol–water partition coefficient (Wildman–Crippen LogP) is 6.38. The van der Waals surface area contributed by atoms with Crippen LogP contribution in [0.4, 0.5) is 29.3 Å². The van der Waals surface area contributed by atoms with Gasteiger partial charge < -0.3 is 24.3 Å². The van der Waals surface area contributed by atoms with Gasteiger partial charge in [0.25, 0.3) is 0 Å². The standard InChI is InChI=1S/C28H28F3N5O2/c1-34(2)22-13-11-21(12-14-22)32-27(37)35-15-6-8-20(18-35)26-33-25(24-10-3-4-16-36(24)26)19-7-5-9-23(17-19)38-28(29,30)31/h3-5,7,9-14,16-17,20H,6,8,15,18H2,1-2H3,(H,32,37)/t20-/m1/s1. The summed E-state index contributed by atoms with van der Waals surface area (Å²) < 4.78 is 44.4. The number of amides is 2. The number of nitrogens with one attached hydrogen (secondary N) is 1. The molecule has 0 bridgehead atoms. The van der Waals surface area contributed by atoms with E-state index in [1.54, 1.807) is 11.0 Å². The van der Waals surface area contributed by atoms with Crippen LogP contribution >= 0.6 is 0 Å². The number of urea groups is 1. The molecule has 1 aliphatic heterocycles. The molecule has 3 heterocycles. The molecule has 5 rings (SSSR count). The third-order valence-electron chi connectivity index (χ3n) is 6.63. The van der Waals surface area contributed by atoms with E-state index in [0.29, 0.717) is 24.3 Å². The summed E-state index contributed by atoms with van der Waals surface area (Å²) in [5.41, 5.74) is 3.62. The molecular formula is C28H28F3N5O2. The Balaban J connectivity index is 1.39. The minimum atomic E-state index is -4.78. The monoisotopic (exact) mass is 523 g/mol. The number of alkyl halides is 3. The highest BCUT2D eigenvalue weighted by molar-refractivity contribution is 5.89. The van der Waals surface area contributed by atoms with Gasteiger partial charge in [0.15, 0.2) is 0 Å². The summed E-state index contributed by atoms with van der Waals surface area (Å²) >= 11 is 0. The lowest BCUT2D eigenvalue weighted by Gasteiger charge is -2.32. The first-order valence-corrected chi connectivity index (χ1v) is 12.3. The number of benzene rings is 2. The van der Waals surface area contributed by atoms with Crippen LogP contribution in [0, 0.1) is 0 Å². The third-order valence-corrected chi connectivity index (χ3v) is 6.63. The van der Waals surface area contributed by atoms with Crippen LogP contribution < -0.4 is 15.0 Å². The van der Waals surface area contributed by atoms with E-state index < -0.39 is 6.36 Å². The Morgan fingerprint density at radius 2 is 1.87 bits per heavy atom. The van der Waals surface area contributed by atoms with Crippen LogP contribution in [0.1, 0.15) is 24.6 Å². The first-order valence-electron chi connectivity index (χ1n) is 12.3. The van der Waals surface area contributed by atoms with Crippen molar-refractivity contribution in [3.05, 3.63) is 78.8 Å². The van der Waals surface area contributed by atoms with E-state index in [0.717, 1.165) is 35.6 Å². The van der Waals surface area contributed by atoms with Gasteiger partial charge in [-0.15, -0.1) is 13.2 Å². The highest BCUT2D eigenvalue weighted by atomic mass is 19.4. The van der Waals surface area contributed by atoms with Gasteiger partial charge in [-0.25, -0.2) is 9.78 Å². The number of imidazole rings is 1. The molecule has 38 heavy (non-hydrogen) atoms. The van der Waals surface area contributed by atoms with Crippen molar-refractivity contribution in [2.75, 3.05) is 37.4 Å². The number of carbonyl (C=O) groups is 1. The van der Waals surface area contributed by atoms with Crippen LogP contribution in [-0.4, -0.2) is 53.9 Å². The minimum Gasteiger partial charge on any atom is -0.406 e. The van der Waals surface area contributed by atoms with E-state index in [2.05, 4.69) is 10.1 Å². The predicted molar refractivity (Wildman–Crippen MR) is 141 cm³/mol. The van der Waals surface area contributed by atoms with Crippen molar-refractivity contribution in [1.82, 2.24) is 14.3 Å². The van der Waals surface area contributed by atoms with E-state index in [-0.39, 0.29) is 17.7 Å². The molecule has 0 spiro atoms. The van der Waals surface area contributed by atoms with Gasteiger partial charge in [-0.2, -0.15) is 0 Å². The zero-order chi connectivity index (χ0) is 26.9. The van der Waals surface area contributed by atoms with Crippen LogP contribution in [0.15, 0.2) is 72.9 Å². The van der Waals surface area contributed by atoms with Gasteiger partial charge in [-0.3, -0.25) is 0 Å². The summed E-state index contributed by atoms with van der Waals surface area (Å²) in [5.74, 6) is 0.433. The maximum absolute atomic E-state index is 13.1. The number of aromatic nitrogens is 2. The Hall–Kier alpha value is -4.21. The number of likely N-dealkylation sites (tertiary alicyclic amines) is 1. The Morgan fingerprint density at radius 3 is 2.61 bits per heavy atom. The number of piperidine rings is 1. The normalized spacial score (nSPS) is 15.9. The van der Waals surface area contributed by atoms with E-state index in [1.165, 1.54) is 18.2 Å². The van der Waals surface area contributed by atoms with Crippen molar-refractivity contribution in [2.24, 2.45) is 0 Å². The molecule has 2 aromatic carbocycles. The highest BCUT2D eigenvalue weighted by Crippen LogP contribution is 2.34. The first kappa shape index (κ1) is 25.4. The van der Waals surface area contributed by atoms with Crippen molar-refractivity contribution in [3.63, 3.8) is 0 Å². The second-order valence-electron chi connectivity index (χ2n) is 9.51. The lowest BCUT2D eigenvalue weighted by molar-refractivity contribution is -0.274. The Morgan fingerprint density at radius 1 is 1.08 bits per heavy atom. The molecule has 1 fully saturated rings. The van der Waals surface area contributed by atoms with Gasteiger partial charge in [0.1, 0.15) is 11.6 Å². The summed E-state index contributed by atoms with van der Waals surface area (Å²) in [6, 6.07) is 18.9. The van der Waals surface area contributed by atoms with E-state index in [4.69, 9.17) is 4.98 Å². The molecule has 2 aromatic heterocycles. The van der Waals surface area contributed by atoms with Gasteiger partial charge in [-0.1, -0.05) is 18.2 Å². The molecular weight excluding hydrogens is 495 g/mol. The molecule has 2 amide bonds. The number of hydrogen-bond acceptors (Lipinski definition) is 4. The molecule has 0 aliphatic carbocycles. The quantitative estimate of drug-likeness (QED) is 0.330. The fourth-order valence-electron chi connectivity index (χ4n) is 4.82. The molecule has 0 radical (unpaired) electrons. The molecule has 1 aliphatic rings.